The van der Waals surface area contributed by atoms with Crippen LogP contribution in [0.2, 0.25) is 0 Å². The summed E-state index contributed by atoms with van der Waals surface area (Å²) in [6.07, 6.45) is 7.06. The third-order valence-electron chi connectivity index (χ3n) is 3.91. The molecule has 1 aromatic heterocycles. The smallest absolute Gasteiger partial charge is 0.132 e. The SMILES string of the molecule is CCCc1nc(Br)cc(NC2CCC(C)(C)CC2)n1. The third kappa shape index (κ3) is 4.44. The summed E-state index contributed by atoms with van der Waals surface area (Å²) in [6, 6.07) is 2.54. The molecule has 0 aliphatic heterocycles. The first-order valence-corrected chi connectivity index (χ1v) is 8.08. The van der Waals surface area contributed by atoms with E-state index in [4.69, 9.17) is 0 Å². The zero-order chi connectivity index (χ0) is 13.9. The largest absolute Gasteiger partial charge is 0.367 e. The van der Waals surface area contributed by atoms with Crippen LogP contribution in [0.5, 0.6) is 0 Å². The molecular weight excluding hydrogens is 302 g/mol. The van der Waals surface area contributed by atoms with Crippen molar-refractivity contribution >= 4 is 21.7 Å². The topological polar surface area (TPSA) is 37.8 Å². The van der Waals surface area contributed by atoms with E-state index in [1.165, 1.54) is 25.7 Å². The van der Waals surface area contributed by atoms with Crippen molar-refractivity contribution in [3.8, 4) is 0 Å². The minimum absolute atomic E-state index is 0.512. The highest BCUT2D eigenvalue weighted by Crippen LogP contribution is 2.36. The molecule has 0 bridgehead atoms. The summed E-state index contributed by atoms with van der Waals surface area (Å²) in [5, 5.41) is 3.58. The number of hydrogen-bond donors (Lipinski definition) is 1. The molecule has 3 nitrogen and oxygen atoms in total. The zero-order valence-electron chi connectivity index (χ0n) is 12.2. The Kier molecular flexibility index (Phi) is 4.82. The van der Waals surface area contributed by atoms with Gasteiger partial charge < -0.3 is 5.32 Å². The molecule has 0 radical (unpaired) electrons. The van der Waals surface area contributed by atoms with E-state index in [0.29, 0.717) is 11.5 Å². The lowest BCUT2D eigenvalue weighted by Crippen LogP contribution is -2.30. The summed E-state index contributed by atoms with van der Waals surface area (Å²) >= 11 is 3.47. The molecule has 0 atom stereocenters. The van der Waals surface area contributed by atoms with Crippen LogP contribution in [0.3, 0.4) is 0 Å². The molecule has 4 heteroatoms. The van der Waals surface area contributed by atoms with Gasteiger partial charge in [0, 0.05) is 18.5 Å². The van der Waals surface area contributed by atoms with Gasteiger partial charge in [0.15, 0.2) is 0 Å². The molecule has 1 heterocycles. The van der Waals surface area contributed by atoms with Crippen LogP contribution in [0.1, 0.15) is 58.7 Å². The number of nitrogens with one attached hydrogen (secondary N) is 1. The van der Waals surface area contributed by atoms with Crippen LogP contribution in [0, 0.1) is 5.41 Å². The first-order chi connectivity index (χ1) is 8.98. The second-order valence-corrected chi connectivity index (χ2v) is 7.14. The number of rotatable bonds is 4. The summed E-state index contributed by atoms with van der Waals surface area (Å²) in [7, 11) is 0. The van der Waals surface area contributed by atoms with Gasteiger partial charge in [-0.3, -0.25) is 0 Å². The van der Waals surface area contributed by atoms with Crippen LogP contribution in [-0.2, 0) is 6.42 Å². The van der Waals surface area contributed by atoms with E-state index in [2.05, 4.69) is 52.0 Å². The number of anilines is 1. The maximum Gasteiger partial charge on any atom is 0.132 e. The van der Waals surface area contributed by atoms with Gasteiger partial charge in [0.25, 0.3) is 0 Å². The van der Waals surface area contributed by atoms with Gasteiger partial charge in [0.1, 0.15) is 16.2 Å². The second kappa shape index (κ2) is 6.21. The van der Waals surface area contributed by atoms with E-state index in [1.807, 2.05) is 6.07 Å². The zero-order valence-corrected chi connectivity index (χ0v) is 13.8. The van der Waals surface area contributed by atoms with Crippen molar-refractivity contribution in [2.75, 3.05) is 5.32 Å². The molecule has 0 unspecified atom stereocenters. The lowest BCUT2D eigenvalue weighted by atomic mass is 9.75. The maximum absolute atomic E-state index is 4.60. The van der Waals surface area contributed by atoms with Crippen molar-refractivity contribution in [2.24, 2.45) is 5.41 Å². The van der Waals surface area contributed by atoms with E-state index in [-0.39, 0.29) is 0 Å². The Morgan fingerprint density at radius 3 is 2.63 bits per heavy atom. The monoisotopic (exact) mass is 325 g/mol. The molecule has 19 heavy (non-hydrogen) atoms. The molecule has 0 aromatic carbocycles. The third-order valence-corrected chi connectivity index (χ3v) is 4.31. The average molecular weight is 326 g/mol. The molecule has 1 aliphatic rings. The molecule has 1 fully saturated rings. The van der Waals surface area contributed by atoms with Gasteiger partial charge in [-0.2, -0.15) is 0 Å². The van der Waals surface area contributed by atoms with Gasteiger partial charge in [0.2, 0.25) is 0 Å². The number of aryl methyl sites for hydroxylation is 1. The fraction of sp³-hybridized carbons (Fsp3) is 0.733. The molecule has 1 aliphatic carbocycles. The quantitative estimate of drug-likeness (QED) is 0.824. The summed E-state index contributed by atoms with van der Waals surface area (Å²) in [6.45, 7) is 6.88. The summed E-state index contributed by atoms with van der Waals surface area (Å²) in [5.41, 5.74) is 0.512. The highest BCUT2D eigenvalue weighted by Gasteiger charge is 2.26. The van der Waals surface area contributed by atoms with Crippen molar-refractivity contribution in [1.29, 1.82) is 0 Å². The summed E-state index contributed by atoms with van der Waals surface area (Å²) in [4.78, 5) is 9.01. The predicted molar refractivity (Wildman–Crippen MR) is 83.4 cm³/mol. The van der Waals surface area contributed by atoms with Crippen LogP contribution in [0.15, 0.2) is 10.7 Å². The van der Waals surface area contributed by atoms with Crippen LogP contribution in [-0.4, -0.2) is 16.0 Å². The fourth-order valence-corrected chi connectivity index (χ4v) is 3.05. The molecule has 0 amide bonds. The van der Waals surface area contributed by atoms with Gasteiger partial charge >= 0.3 is 0 Å². The number of nitrogens with zero attached hydrogens (tertiary/aromatic N) is 2. The second-order valence-electron chi connectivity index (χ2n) is 6.32. The molecule has 1 N–H and O–H groups in total. The first-order valence-electron chi connectivity index (χ1n) is 7.28. The molecular formula is C15H24BrN3. The maximum atomic E-state index is 4.60. The van der Waals surface area contributed by atoms with Crippen LogP contribution in [0.25, 0.3) is 0 Å². The van der Waals surface area contributed by atoms with E-state index in [0.717, 1.165) is 29.1 Å². The molecule has 0 saturated heterocycles. The van der Waals surface area contributed by atoms with Gasteiger partial charge in [-0.25, -0.2) is 9.97 Å². The van der Waals surface area contributed by atoms with Crippen LogP contribution in [0.4, 0.5) is 5.82 Å². The van der Waals surface area contributed by atoms with E-state index in [1.54, 1.807) is 0 Å². The standard InChI is InChI=1S/C15H24BrN3/c1-4-5-13-18-12(16)10-14(19-13)17-11-6-8-15(2,3)9-7-11/h10-11H,4-9H2,1-3H3,(H,17,18,19). The van der Waals surface area contributed by atoms with Crippen molar-refractivity contribution in [3.05, 3.63) is 16.5 Å². The Bertz CT molecular complexity index is 421. The Hall–Kier alpha value is -0.640. The van der Waals surface area contributed by atoms with Gasteiger partial charge in [0.05, 0.1) is 0 Å². The molecule has 2 rings (SSSR count). The lowest BCUT2D eigenvalue weighted by molar-refractivity contribution is 0.232. The van der Waals surface area contributed by atoms with Crippen molar-refractivity contribution in [2.45, 2.75) is 65.3 Å². The average Bonchev–Trinajstić information content (AvgIpc) is 2.32. The predicted octanol–water partition coefficient (Wildman–Crippen LogP) is 4.57. The Balaban J connectivity index is 1.99. The normalized spacial score (nSPS) is 19.4. The minimum atomic E-state index is 0.512. The number of aromatic nitrogens is 2. The lowest BCUT2D eigenvalue weighted by Gasteiger charge is -2.34. The van der Waals surface area contributed by atoms with Crippen molar-refractivity contribution < 1.29 is 0 Å². The fourth-order valence-electron chi connectivity index (χ4n) is 2.63. The summed E-state index contributed by atoms with van der Waals surface area (Å²) in [5.74, 6) is 1.89. The van der Waals surface area contributed by atoms with Crippen LogP contribution < -0.4 is 5.32 Å². The highest BCUT2D eigenvalue weighted by molar-refractivity contribution is 9.10. The Morgan fingerprint density at radius 1 is 1.32 bits per heavy atom. The van der Waals surface area contributed by atoms with Gasteiger partial charge in [-0.05, 0) is 53.4 Å². The minimum Gasteiger partial charge on any atom is -0.367 e. The van der Waals surface area contributed by atoms with Gasteiger partial charge in [-0.15, -0.1) is 0 Å². The van der Waals surface area contributed by atoms with E-state index in [9.17, 15) is 0 Å². The molecule has 0 spiro atoms. The van der Waals surface area contributed by atoms with Crippen LogP contribution >= 0.6 is 15.9 Å². The van der Waals surface area contributed by atoms with Crippen molar-refractivity contribution in [1.82, 2.24) is 9.97 Å². The van der Waals surface area contributed by atoms with Crippen molar-refractivity contribution in [3.63, 3.8) is 0 Å². The molecule has 1 aromatic rings. The number of hydrogen-bond acceptors (Lipinski definition) is 3. The first kappa shape index (κ1) is 14.8. The van der Waals surface area contributed by atoms with Gasteiger partial charge in [-0.1, -0.05) is 20.8 Å². The Labute approximate surface area is 124 Å². The number of halogens is 1. The van der Waals surface area contributed by atoms with E-state index >= 15 is 0 Å². The highest BCUT2D eigenvalue weighted by atomic mass is 79.9. The summed E-state index contributed by atoms with van der Waals surface area (Å²) < 4.78 is 0.879. The molecule has 106 valence electrons. The molecule has 1 saturated carbocycles. The Morgan fingerprint density at radius 2 is 2.00 bits per heavy atom. The van der Waals surface area contributed by atoms with E-state index < -0.39 is 0 Å².